The van der Waals surface area contributed by atoms with E-state index in [0.29, 0.717) is 0 Å². The third-order valence-electron chi connectivity index (χ3n) is 1.87. The molecule has 0 saturated carbocycles. The smallest absolute Gasteiger partial charge is 0.324 e. The largest absolute Gasteiger partial charge is 0.481 e. The van der Waals surface area contributed by atoms with E-state index < -0.39 is 29.8 Å². The SMILES string of the molecule is CC(C)[C@](N)(CC(=O)O)C(=O)O. The zero-order chi connectivity index (χ0) is 9.94. The third-order valence-corrected chi connectivity index (χ3v) is 1.87. The normalized spacial score (nSPS) is 15.7. The maximum absolute atomic E-state index is 10.6. The van der Waals surface area contributed by atoms with Gasteiger partial charge in [-0.3, -0.25) is 9.59 Å². The van der Waals surface area contributed by atoms with E-state index in [0.717, 1.165) is 0 Å². The van der Waals surface area contributed by atoms with Crippen LogP contribution >= 0.6 is 0 Å². The van der Waals surface area contributed by atoms with Crippen molar-refractivity contribution < 1.29 is 19.8 Å². The summed E-state index contributed by atoms with van der Waals surface area (Å²) in [5.41, 5.74) is 3.74. The minimum atomic E-state index is -1.66. The summed E-state index contributed by atoms with van der Waals surface area (Å²) >= 11 is 0. The molecule has 0 aromatic rings. The topological polar surface area (TPSA) is 101 Å². The lowest BCUT2D eigenvalue weighted by molar-refractivity contribution is -0.151. The highest BCUT2D eigenvalue weighted by Gasteiger charge is 2.39. The van der Waals surface area contributed by atoms with E-state index in [1.807, 2.05) is 0 Å². The number of hydrogen-bond donors (Lipinski definition) is 3. The fourth-order valence-corrected chi connectivity index (χ4v) is 0.777. The molecule has 0 heterocycles. The summed E-state index contributed by atoms with van der Waals surface area (Å²) in [6.07, 6.45) is -0.556. The van der Waals surface area contributed by atoms with Gasteiger partial charge < -0.3 is 15.9 Å². The van der Waals surface area contributed by atoms with Gasteiger partial charge in [0.25, 0.3) is 0 Å². The quantitative estimate of drug-likeness (QED) is 0.553. The summed E-state index contributed by atoms with van der Waals surface area (Å²) in [5, 5.41) is 17.1. The van der Waals surface area contributed by atoms with Crippen LogP contribution in [0.15, 0.2) is 0 Å². The molecule has 0 aliphatic heterocycles. The van der Waals surface area contributed by atoms with Crippen LogP contribution < -0.4 is 5.73 Å². The van der Waals surface area contributed by atoms with Crippen molar-refractivity contribution >= 4 is 11.9 Å². The standard InChI is InChI=1S/C7H13NO4/c1-4(2)7(8,6(11)12)3-5(9)10/h4H,3,8H2,1-2H3,(H,9,10)(H,11,12)/t7-/m1/s1. The predicted molar refractivity (Wildman–Crippen MR) is 41.6 cm³/mol. The number of carboxylic acid groups (broad SMARTS) is 2. The van der Waals surface area contributed by atoms with Crippen LogP contribution in [0.25, 0.3) is 0 Å². The van der Waals surface area contributed by atoms with E-state index in [9.17, 15) is 9.59 Å². The number of aliphatic carboxylic acids is 2. The van der Waals surface area contributed by atoms with Crippen LogP contribution in [-0.2, 0) is 9.59 Å². The fourth-order valence-electron chi connectivity index (χ4n) is 0.777. The van der Waals surface area contributed by atoms with Gasteiger partial charge in [-0.15, -0.1) is 0 Å². The van der Waals surface area contributed by atoms with Gasteiger partial charge in [-0.1, -0.05) is 13.8 Å². The first kappa shape index (κ1) is 10.9. The van der Waals surface area contributed by atoms with Gasteiger partial charge in [-0.2, -0.15) is 0 Å². The molecule has 0 fully saturated rings. The van der Waals surface area contributed by atoms with Crippen molar-refractivity contribution in [1.82, 2.24) is 0 Å². The van der Waals surface area contributed by atoms with Crippen molar-refractivity contribution in [2.45, 2.75) is 25.8 Å². The monoisotopic (exact) mass is 175 g/mol. The molecule has 0 saturated heterocycles. The molecule has 70 valence electrons. The van der Waals surface area contributed by atoms with Gasteiger partial charge in [0.1, 0.15) is 5.54 Å². The maximum atomic E-state index is 10.6. The minimum absolute atomic E-state index is 0.411. The summed E-state index contributed by atoms with van der Waals surface area (Å²) in [7, 11) is 0. The van der Waals surface area contributed by atoms with Crippen LogP contribution in [0.1, 0.15) is 20.3 Å². The molecule has 12 heavy (non-hydrogen) atoms. The summed E-state index contributed by atoms with van der Waals surface area (Å²) < 4.78 is 0. The van der Waals surface area contributed by atoms with Gasteiger partial charge in [0.15, 0.2) is 0 Å². The van der Waals surface area contributed by atoms with E-state index in [4.69, 9.17) is 15.9 Å². The van der Waals surface area contributed by atoms with E-state index >= 15 is 0 Å². The summed E-state index contributed by atoms with van der Waals surface area (Å²) in [6, 6.07) is 0. The van der Waals surface area contributed by atoms with Crippen molar-refractivity contribution in [3.05, 3.63) is 0 Å². The van der Waals surface area contributed by atoms with Gasteiger partial charge >= 0.3 is 11.9 Å². The summed E-state index contributed by atoms with van der Waals surface area (Å²) in [4.78, 5) is 20.9. The molecule has 5 heteroatoms. The van der Waals surface area contributed by atoms with E-state index in [-0.39, 0.29) is 0 Å². The van der Waals surface area contributed by atoms with Crippen LogP contribution in [0.3, 0.4) is 0 Å². The van der Waals surface area contributed by atoms with Crippen molar-refractivity contribution in [1.29, 1.82) is 0 Å². The maximum Gasteiger partial charge on any atom is 0.324 e. The van der Waals surface area contributed by atoms with Crippen molar-refractivity contribution in [2.24, 2.45) is 11.7 Å². The van der Waals surface area contributed by atoms with Gasteiger partial charge in [0.05, 0.1) is 6.42 Å². The molecule has 0 rings (SSSR count). The van der Waals surface area contributed by atoms with Gasteiger partial charge in [0.2, 0.25) is 0 Å². The van der Waals surface area contributed by atoms with Crippen molar-refractivity contribution in [3.8, 4) is 0 Å². The molecule has 0 aliphatic carbocycles. The van der Waals surface area contributed by atoms with Crippen molar-refractivity contribution in [2.75, 3.05) is 0 Å². The Morgan fingerprint density at radius 2 is 1.83 bits per heavy atom. The number of hydrogen-bond acceptors (Lipinski definition) is 3. The molecule has 0 aromatic heterocycles. The molecule has 5 nitrogen and oxygen atoms in total. The Bertz CT molecular complexity index is 202. The number of nitrogens with two attached hydrogens (primary N) is 1. The molecule has 0 unspecified atom stereocenters. The molecular weight excluding hydrogens is 162 g/mol. The van der Waals surface area contributed by atoms with Crippen LogP contribution in [-0.4, -0.2) is 27.7 Å². The fraction of sp³-hybridized carbons (Fsp3) is 0.714. The van der Waals surface area contributed by atoms with Gasteiger partial charge in [-0.05, 0) is 5.92 Å². The Labute approximate surface area is 70.2 Å². The van der Waals surface area contributed by atoms with Gasteiger partial charge in [0, 0.05) is 0 Å². The first-order chi connectivity index (χ1) is 5.30. The Balaban J connectivity index is 4.62. The average Bonchev–Trinajstić information content (AvgIpc) is 1.84. The second-order valence-corrected chi connectivity index (χ2v) is 3.07. The third kappa shape index (κ3) is 2.20. The lowest BCUT2D eigenvalue weighted by Gasteiger charge is -2.26. The van der Waals surface area contributed by atoms with Crippen molar-refractivity contribution in [3.63, 3.8) is 0 Å². The molecule has 0 spiro atoms. The highest BCUT2D eigenvalue weighted by atomic mass is 16.4. The Morgan fingerprint density at radius 3 is 1.92 bits per heavy atom. The second kappa shape index (κ2) is 3.53. The second-order valence-electron chi connectivity index (χ2n) is 3.07. The molecule has 0 aliphatic rings. The van der Waals surface area contributed by atoms with E-state index in [1.165, 1.54) is 0 Å². The summed E-state index contributed by atoms with van der Waals surface area (Å²) in [6.45, 7) is 3.16. The Hall–Kier alpha value is -1.10. The molecular formula is C7H13NO4. The van der Waals surface area contributed by atoms with Gasteiger partial charge in [-0.25, -0.2) is 0 Å². The zero-order valence-corrected chi connectivity index (χ0v) is 7.07. The molecule has 0 radical (unpaired) electrons. The molecule has 0 amide bonds. The van der Waals surface area contributed by atoms with Crippen LogP contribution in [0.4, 0.5) is 0 Å². The first-order valence-corrected chi connectivity index (χ1v) is 3.54. The van der Waals surface area contributed by atoms with Crippen LogP contribution in [0, 0.1) is 5.92 Å². The number of carbonyl (C=O) groups is 2. The highest BCUT2D eigenvalue weighted by Crippen LogP contribution is 2.18. The average molecular weight is 175 g/mol. The Morgan fingerprint density at radius 1 is 1.42 bits per heavy atom. The first-order valence-electron chi connectivity index (χ1n) is 3.54. The predicted octanol–water partition coefficient (Wildman–Crippen LogP) is -0.101. The number of carboxylic acids is 2. The Kier molecular flexibility index (Phi) is 3.21. The van der Waals surface area contributed by atoms with E-state index in [1.54, 1.807) is 13.8 Å². The minimum Gasteiger partial charge on any atom is -0.481 e. The molecule has 0 aromatic carbocycles. The lowest BCUT2D eigenvalue weighted by atomic mass is 9.84. The van der Waals surface area contributed by atoms with Crippen LogP contribution in [0.2, 0.25) is 0 Å². The zero-order valence-electron chi connectivity index (χ0n) is 7.07. The summed E-state index contributed by atoms with van der Waals surface area (Å²) in [5.74, 6) is -2.89. The van der Waals surface area contributed by atoms with E-state index in [2.05, 4.69) is 0 Å². The molecule has 0 bridgehead atoms. The molecule has 1 atom stereocenters. The highest BCUT2D eigenvalue weighted by molar-refractivity contribution is 5.85. The lowest BCUT2D eigenvalue weighted by Crippen LogP contribution is -2.53. The number of rotatable bonds is 4. The van der Waals surface area contributed by atoms with Crippen LogP contribution in [0.5, 0.6) is 0 Å². The molecule has 4 N–H and O–H groups in total.